The Labute approximate surface area is 234 Å². The van der Waals surface area contributed by atoms with Gasteiger partial charge in [0.15, 0.2) is 28.8 Å². The number of benzene rings is 2. The lowest BCUT2D eigenvalue weighted by atomic mass is 10.0. The molecule has 9 nitrogen and oxygen atoms in total. The van der Waals surface area contributed by atoms with E-state index in [1.165, 1.54) is 43.8 Å². The van der Waals surface area contributed by atoms with Crippen LogP contribution in [0.5, 0.6) is 23.0 Å². The Kier molecular flexibility index (Phi) is 7.68. The van der Waals surface area contributed by atoms with Crippen LogP contribution in [0.3, 0.4) is 0 Å². The van der Waals surface area contributed by atoms with Crippen molar-refractivity contribution in [1.82, 2.24) is 20.2 Å². The molecule has 0 aliphatic heterocycles. The lowest BCUT2D eigenvalue weighted by molar-refractivity contribution is 0.101. The molecule has 0 saturated heterocycles. The molecule has 0 aliphatic rings. The van der Waals surface area contributed by atoms with Gasteiger partial charge in [-0.05, 0) is 50.6 Å². The lowest BCUT2D eigenvalue weighted by Crippen LogP contribution is -2.19. The van der Waals surface area contributed by atoms with E-state index in [1.807, 2.05) is 0 Å². The fourth-order valence-electron chi connectivity index (χ4n) is 4.11. The van der Waals surface area contributed by atoms with Crippen LogP contribution in [0.15, 0.2) is 67.0 Å². The SMILES string of the molecule is COc1cnc2c(Oc3ccc(NC(=O)c4nnc(C)c(-c5ccc(F)cc5)c4OC(C)C)cc3F)ccnc2c1. The van der Waals surface area contributed by atoms with Gasteiger partial charge in [-0.1, -0.05) is 12.1 Å². The van der Waals surface area contributed by atoms with Crippen LogP contribution < -0.4 is 19.5 Å². The summed E-state index contributed by atoms with van der Waals surface area (Å²) in [7, 11) is 1.52. The van der Waals surface area contributed by atoms with Gasteiger partial charge in [0.1, 0.15) is 17.1 Å². The minimum absolute atomic E-state index is 0.0781. The largest absolute Gasteiger partial charge is 0.495 e. The molecule has 0 bridgehead atoms. The summed E-state index contributed by atoms with van der Waals surface area (Å²) in [5.74, 6) is -0.854. The van der Waals surface area contributed by atoms with Crippen molar-refractivity contribution in [2.75, 3.05) is 12.4 Å². The average molecular weight is 558 g/mol. The van der Waals surface area contributed by atoms with Gasteiger partial charge in [0.25, 0.3) is 5.91 Å². The third-order valence-corrected chi connectivity index (χ3v) is 5.97. The van der Waals surface area contributed by atoms with Gasteiger partial charge in [-0.3, -0.25) is 9.78 Å². The van der Waals surface area contributed by atoms with E-state index in [2.05, 4.69) is 25.5 Å². The predicted octanol–water partition coefficient (Wildman–Crippen LogP) is 6.51. The molecule has 3 heterocycles. The van der Waals surface area contributed by atoms with Gasteiger partial charge in [0.05, 0.1) is 30.6 Å². The topological polar surface area (TPSA) is 108 Å². The number of fused-ring (bicyclic) bond motifs is 1. The molecule has 2 aromatic carbocycles. The Morgan fingerprint density at radius 3 is 2.44 bits per heavy atom. The zero-order chi connectivity index (χ0) is 29.1. The highest BCUT2D eigenvalue weighted by molar-refractivity contribution is 6.06. The Morgan fingerprint density at radius 1 is 0.951 bits per heavy atom. The third kappa shape index (κ3) is 5.88. The third-order valence-electron chi connectivity index (χ3n) is 5.97. The molecule has 0 fully saturated rings. The van der Waals surface area contributed by atoms with E-state index in [0.717, 1.165) is 6.07 Å². The summed E-state index contributed by atoms with van der Waals surface area (Å²) in [6.45, 7) is 5.32. The zero-order valence-corrected chi connectivity index (χ0v) is 22.6. The summed E-state index contributed by atoms with van der Waals surface area (Å²) in [6.07, 6.45) is 2.72. The van der Waals surface area contributed by atoms with Crippen LogP contribution in [0, 0.1) is 18.6 Å². The first-order valence-electron chi connectivity index (χ1n) is 12.6. The molecular weight excluding hydrogens is 532 g/mol. The summed E-state index contributed by atoms with van der Waals surface area (Å²) in [5.41, 5.74) is 2.60. The van der Waals surface area contributed by atoms with E-state index in [4.69, 9.17) is 14.2 Å². The average Bonchev–Trinajstić information content (AvgIpc) is 2.95. The summed E-state index contributed by atoms with van der Waals surface area (Å²) in [4.78, 5) is 21.9. The second-order valence-electron chi connectivity index (χ2n) is 9.26. The van der Waals surface area contributed by atoms with Crippen LogP contribution in [-0.4, -0.2) is 39.3 Å². The Balaban J connectivity index is 1.42. The normalized spacial score (nSPS) is 11.0. The first kappa shape index (κ1) is 27.4. The number of methoxy groups -OCH3 is 1. The molecule has 1 amide bonds. The van der Waals surface area contributed by atoms with Crippen LogP contribution >= 0.6 is 0 Å². The number of anilines is 1. The quantitative estimate of drug-likeness (QED) is 0.230. The van der Waals surface area contributed by atoms with Gasteiger partial charge in [-0.25, -0.2) is 13.8 Å². The van der Waals surface area contributed by atoms with Crippen molar-refractivity contribution in [3.63, 3.8) is 0 Å². The van der Waals surface area contributed by atoms with Gasteiger partial charge < -0.3 is 19.5 Å². The molecule has 11 heteroatoms. The van der Waals surface area contributed by atoms with E-state index in [1.54, 1.807) is 45.0 Å². The second-order valence-corrected chi connectivity index (χ2v) is 9.26. The monoisotopic (exact) mass is 557 g/mol. The van der Waals surface area contributed by atoms with E-state index in [9.17, 15) is 9.18 Å². The minimum Gasteiger partial charge on any atom is -0.495 e. The molecule has 0 aliphatic carbocycles. The van der Waals surface area contributed by atoms with E-state index in [-0.39, 0.29) is 29.0 Å². The van der Waals surface area contributed by atoms with E-state index in [0.29, 0.717) is 39.4 Å². The van der Waals surface area contributed by atoms with Crippen LogP contribution in [0.1, 0.15) is 30.0 Å². The maximum Gasteiger partial charge on any atom is 0.280 e. The van der Waals surface area contributed by atoms with Crippen molar-refractivity contribution in [3.8, 4) is 34.1 Å². The number of nitrogens with zero attached hydrogens (tertiary/aromatic N) is 4. The summed E-state index contributed by atoms with van der Waals surface area (Å²) in [6, 6.07) is 13.0. The van der Waals surface area contributed by atoms with Gasteiger partial charge in [-0.2, -0.15) is 5.10 Å². The van der Waals surface area contributed by atoms with Crippen LogP contribution in [0.25, 0.3) is 22.2 Å². The second kappa shape index (κ2) is 11.5. The van der Waals surface area contributed by atoms with E-state index >= 15 is 4.39 Å². The molecule has 5 aromatic rings. The number of ether oxygens (including phenoxy) is 3. The van der Waals surface area contributed by atoms with Crippen LogP contribution in [-0.2, 0) is 0 Å². The zero-order valence-electron chi connectivity index (χ0n) is 22.6. The summed E-state index contributed by atoms with van der Waals surface area (Å²) < 4.78 is 45.6. The number of carbonyl (C=O) groups is 1. The lowest BCUT2D eigenvalue weighted by Gasteiger charge is -2.18. The standard InChI is InChI=1S/C30H25F2N5O4/c1-16(2)40-29-26(18-5-7-19(31)8-6-18)17(3)36-37-28(29)30(38)35-20-9-10-24(22(32)13-20)41-25-11-12-33-23-14-21(39-4)15-34-27(23)25/h5-16H,1-4H3,(H,35,38). The molecule has 1 N–H and O–H groups in total. The molecule has 41 heavy (non-hydrogen) atoms. The molecule has 3 aromatic heterocycles. The van der Waals surface area contributed by atoms with Gasteiger partial charge in [-0.15, -0.1) is 5.10 Å². The number of aromatic nitrogens is 4. The maximum atomic E-state index is 15.1. The molecular formula is C30H25F2N5O4. The highest BCUT2D eigenvalue weighted by atomic mass is 19.1. The molecule has 0 atom stereocenters. The van der Waals surface area contributed by atoms with Gasteiger partial charge in [0.2, 0.25) is 0 Å². The highest BCUT2D eigenvalue weighted by Crippen LogP contribution is 2.36. The first-order chi connectivity index (χ1) is 19.7. The number of amides is 1. The number of hydrogen-bond donors (Lipinski definition) is 1. The highest BCUT2D eigenvalue weighted by Gasteiger charge is 2.24. The fraction of sp³-hybridized carbons (Fsp3) is 0.167. The smallest absolute Gasteiger partial charge is 0.280 e. The molecule has 0 saturated carbocycles. The predicted molar refractivity (Wildman–Crippen MR) is 148 cm³/mol. The van der Waals surface area contributed by atoms with Gasteiger partial charge >= 0.3 is 0 Å². The molecule has 208 valence electrons. The summed E-state index contributed by atoms with van der Waals surface area (Å²) >= 11 is 0. The number of hydrogen-bond acceptors (Lipinski definition) is 8. The van der Waals surface area contributed by atoms with Crippen molar-refractivity contribution < 1.29 is 27.8 Å². The Hall–Kier alpha value is -5.19. The number of halogens is 2. The number of rotatable bonds is 8. The van der Waals surface area contributed by atoms with E-state index < -0.39 is 17.5 Å². The maximum absolute atomic E-state index is 15.1. The van der Waals surface area contributed by atoms with Crippen LogP contribution in [0.4, 0.5) is 14.5 Å². The van der Waals surface area contributed by atoms with Crippen LogP contribution in [0.2, 0.25) is 0 Å². The van der Waals surface area contributed by atoms with Crippen molar-refractivity contribution in [2.45, 2.75) is 26.9 Å². The minimum atomic E-state index is -0.720. The van der Waals surface area contributed by atoms with Gasteiger partial charge in [0, 0.05) is 35.6 Å². The number of aryl methyl sites for hydroxylation is 1. The van der Waals surface area contributed by atoms with Crippen molar-refractivity contribution in [1.29, 1.82) is 0 Å². The van der Waals surface area contributed by atoms with Crippen molar-refractivity contribution in [2.24, 2.45) is 0 Å². The number of nitrogens with one attached hydrogen (secondary N) is 1. The molecule has 5 rings (SSSR count). The number of carbonyl (C=O) groups excluding carboxylic acids is 1. The molecule has 0 radical (unpaired) electrons. The first-order valence-corrected chi connectivity index (χ1v) is 12.6. The van der Waals surface area contributed by atoms with Crippen molar-refractivity contribution >= 4 is 22.6 Å². The van der Waals surface area contributed by atoms with Crippen molar-refractivity contribution in [3.05, 3.63) is 90.0 Å². The summed E-state index contributed by atoms with van der Waals surface area (Å²) in [5, 5.41) is 10.8. The Bertz CT molecular complexity index is 1750. The molecule has 0 unspecified atom stereocenters. The number of pyridine rings is 2. The Morgan fingerprint density at radius 2 is 1.73 bits per heavy atom. The molecule has 0 spiro atoms. The fourth-order valence-corrected chi connectivity index (χ4v) is 4.11.